The number of aryl methyl sites for hydroxylation is 1. The van der Waals surface area contributed by atoms with Gasteiger partial charge in [0.15, 0.2) is 0 Å². The quantitative estimate of drug-likeness (QED) is 0.560. The molecule has 0 aromatic heterocycles. The maximum Gasteiger partial charge on any atom is 0.234 e. The Morgan fingerprint density at radius 1 is 0.769 bits per heavy atom. The van der Waals surface area contributed by atoms with Crippen LogP contribution in [-0.4, -0.2) is 16.7 Å². The van der Waals surface area contributed by atoms with Crippen LogP contribution in [0.1, 0.15) is 59.7 Å². The third-order valence-corrected chi connectivity index (χ3v) is 4.92. The van der Waals surface area contributed by atoms with Crippen LogP contribution in [0.25, 0.3) is 5.76 Å². The van der Waals surface area contributed by atoms with Gasteiger partial charge in [-0.1, -0.05) is 74.7 Å². The molecule has 0 aliphatic heterocycles. The summed E-state index contributed by atoms with van der Waals surface area (Å²) in [6.07, 6.45) is 6.24. The zero-order valence-electron chi connectivity index (χ0n) is 15.1. The number of hydrogen-bond donors (Lipinski definition) is 1. The molecule has 0 bridgehead atoms. The molecule has 0 radical (unpaired) electrons. The zero-order chi connectivity index (χ0) is 18.5. The van der Waals surface area contributed by atoms with E-state index < -0.39 is 11.6 Å². The van der Waals surface area contributed by atoms with Crippen LogP contribution in [0.15, 0.2) is 54.1 Å². The second-order valence-electron chi connectivity index (χ2n) is 6.83. The average molecular weight is 348 g/mol. The van der Waals surface area contributed by atoms with Crippen molar-refractivity contribution in [3.63, 3.8) is 0 Å². The molecule has 3 rings (SSSR count). The summed E-state index contributed by atoms with van der Waals surface area (Å²) in [7, 11) is 0. The average Bonchev–Trinajstić information content (AvgIpc) is 2.68. The number of unbranched alkanes of at least 4 members (excludes halogenated alkanes) is 3. The minimum atomic E-state index is -0.607. The highest BCUT2D eigenvalue weighted by Gasteiger charge is 2.32. The van der Waals surface area contributed by atoms with E-state index in [1.165, 1.54) is 31.2 Å². The molecule has 3 heteroatoms. The molecule has 26 heavy (non-hydrogen) atoms. The number of rotatable bonds is 7. The Kier molecular flexibility index (Phi) is 5.67. The zero-order valence-corrected chi connectivity index (χ0v) is 15.1. The van der Waals surface area contributed by atoms with Gasteiger partial charge in [-0.3, -0.25) is 9.59 Å². The van der Waals surface area contributed by atoms with E-state index in [2.05, 4.69) is 19.1 Å². The van der Waals surface area contributed by atoms with Gasteiger partial charge in [0.2, 0.25) is 11.6 Å². The molecule has 0 unspecified atom stereocenters. The summed E-state index contributed by atoms with van der Waals surface area (Å²) in [4.78, 5) is 24.7. The number of benzene rings is 2. The van der Waals surface area contributed by atoms with Crippen LogP contribution in [0, 0.1) is 0 Å². The van der Waals surface area contributed by atoms with Crippen molar-refractivity contribution >= 4 is 17.3 Å². The largest absolute Gasteiger partial charge is 0.507 e. The molecule has 0 saturated carbocycles. The standard InChI is InChI=1S/C23H24O3/c1-2-3-4-5-8-16-11-13-17(14-12-16)15-20-21(24)18-9-6-7-10-19(18)22(25)23(20)26/h6-7,9-14,24H,2-5,8,15H2,1H3. The number of allylic oxidation sites excluding steroid dienone is 1. The molecule has 3 nitrogen and oxygen atoms in total. The fraction of sp³-hybridized carbons (Fsp3) is 0.304. The van der Waals surface area contributed by atoms with E-state index in [1.54, 1.807) is 24.3 Å². The van der Waals surface area contributed by atoms with Crippen molar-refractivity contribution in [2.45, 2.75) is 45.4 Å². The lowest BCUT2D eigenvalue weighted by Gasteiger charge is -2.17. The summed E-state index contributed by atoms with van der Waals surface area (Å²) in [6.45, 7) is 2.20. The molecule has 0 heterocycles. The van der Waals surface area contributed by atoms with Gasteiger partial charge in [0.1, 0.15) is 5.76 Å². The van der Waals surface area contributed by atoms with Gasteiger partial charge in [0.05, 0.1) is 5.57 Å². The minimum Gasteiger partial charge on any atom is -0.507 e. The molecule has 0 saturated heterocycles. The van der Waals surface area contributed by atoms with Gasteiger partial charge in [-0.2, -0.15) is 0 Å². The van der Waals surface area contributed by atoms with Crippen LogP contribution in [0.3, 0.4) is 0 Å². The van der Waals surface area contributed by atoms with E-state index in [4.69, 9.17) is 0 Å². The maximum atomic E-state index is 12.4. The first-order valence-corrected chi connectivity index (χ1v) is 9.30. The van der Waals surface area contributed by atoms with E-state index in [0.29, 0.717) is 5.56 Å². The van der Waals surface area contributed by atoms with Crippen molar-refractivity contribution in [2.75, 3.05) is 0 Å². The Hall–Kier alpha value is -2.68. The molecular formula is C23H24O3. The SMILES string of the molecule is CCCCCCc1ccc(CC2=C(O)c3ccccc3C(=O)C2=O)cc1. The number of hydrogen-bond acceptors (Lipinski definition) is 3. The molecule has 134 valence electrons. The lowest BCUT2D eigenvalue weighted by molar-refractivity contribution is -0.112. The van der Waals surface area contributed by atoms with Gasteiger partial charge in [0, 0.05) is 17.5 Å². The van der Waals surface area contributed by atoms with Gasteiger partial charge in [-0.25, -0.2) is 0 Å². The predicted molar refractivity (Wildman–Crippen MR) is 103 cm³/mol. The monoisotopic (exact) mass is 348 g/mol. The maximum absolute atomic E-state index is 12.4. The molecule has 2 aromatic rings. The molecular weight excluding hydrogens is 324 g/mol. The Balaban J connectivity index is 1.76. The number of ketones is 2. The van der Waals surface area contributed by atoms with Crippen molar-refractivity contribution in [3.05, 3.63) is 76.4 Å². The van der Waals surface area contributed by atoms with Crippen LogP contribution in [0.2, 0.25) is 0 Å². The first-order chi connectivity index (χ1) is 12.6. The van der Waals surface area contributed by atoms with Gasteiger partial charge < -0.3 is 5.11 Å². The summed E-state index contributed by atoms with van der Waals surface area (Å²) in [5, 5.41) is 10.5. The van der Waals surface area contributed by atoms with Crippen molar-refractivity contribution in [1.82, 2.24) is 0 Å². The molecule has 0 atom stereocenters. The summed E-state index contributed by atoms with van der Waals surface area (Å²) in [5.41, 5.74) is 3.11. The second kappa shape index (κ2) is 8.13. The fourth-order valence-corrected chi connectivity index (χ4v) is 3.36. The summed E-state index contributed by atoms with van der Waals surface area (Å²) < 4.78 is 0. The van der Waals surface area contributed by atoms with Gasteiger partial charge in [-0.15, -0.1) is 0 Å². The predicted octanol–water partition coefficient (Wildman–Crippen LogP) is 5.09. The molecule has 0 fully saturated rings. The smallest absolute Gasteiger partial charge is 0.234 e. The third-order valence-electron chi connectivity index (χ3n) is 4.92. The molecule has 0 amide bonds. The van der Waals surface area contributed by atoms with Crippen molar-refractivity contribution in [2.24, 2.45) is 0 Å². The van der Waals surface area contributed by atoms with Crippen LogP contribution in [-0.2, 0) is 17.6 Å². The Labute approximate surface area is 154 Å². The highest BCUT2D eigenvalue weighted by molar-refractivity contribution is 6.52. The minimum absolute atomic E-state index is 0.0751. The Morgan fingerprint density at radius 2 is 1.42 bits per heavy atom. The topological polar surface area (TPSA) is 54.4 Å². The normalized spacial score (nSPS) is 13.9. The highest BCUT2D eigenvalue weighted by Crippen LogP contribution is 2.29. The Morgan fingerprint density at radius 3 is 2.12 bits per heavy atom. The number of Topliss-reactive ketones (excluding diaryl/α,β-unsaturated/α-hetero) is 2. The number of aliphatic hydroxyl groups excluding tert-OH is 1. The van der Waals surface area contributed by atoms with E-state index in [0.717, 1.165) is 12.0 Å². The molecule has 2 aromatic carbocycles. The van der Waals surface area contributed by atoms with Crippen LogP contribution in [0.5, 0.6) is 0 Å². The first kappa shape index (κ1) is 18.1. The van der Waals surface area contributed by atoms with Crippen molar-refractivity contribution in [3.8, 4) is 0 Å². The first-order valence-electron chi connectivity index (χ1n) is 9.30. The van der Waals surface area contributed by atoms with E-state index in [-0.39, 0.29) is 23.3 Å². The van der Waals surface area contributed by atoms with Gasteiger partial charge in [0.25, 0.3) is 0 Å². The van der Waals surface area contributed by atoms with Crippen molar-refractivity contribution in [1.29, 1.82) is 0 Å². The molecule has 1 aliphatic rings. The summed E-state index contributed by atoms with van der Waals surface area (Å²) >= 11 is 0. The number of carbonyl (C=O) groups is 2. The summed E-state index contributed by atoms with van der Waals surface area (Å²) in [6, 6.07) is 14.8. The lowest BCUT2D eigenvalue weighted by atomic mass is 9.85. The van der Waals surface area contributed by atoms with Crippen LogP contribution in [0.4, 0.5) is 0 Å². The van der Waals surface area contributed by atoms with Gasteiger partial charge >= 0.3 is 0 Å². The molecule has 0 spiro atoms. The summed E-state index contributed by atoms with van der Waals surface area (Å²) in [5.74, 6) is -1.22. The highest BCUT2D eigenvalue weighted by atomic mass is 16.3. The van der Waals surface area contributed by atoms with Crippen molar-refractivity contribution < 1.29 is 14.7 Å². The number of fused-ring (bicyclic) bond motifs is 1. The third kappa shape index (κ3) is 3.77. The van der Waals surface area contributed by atoms with E-state index >= 15 is 0 Å². The molecule has 1 aliphatic carbocycles. The van der Waals surface area contributed by atoms with Crippen LogP contribution >= 0.6 is 0 Å². The number of carbonyl (C=O) groups excluding carboxylic acids is 2. The van der Waals surface area contributed by atoms with E-state index in [9.17, 15) is 14.7 Å². The Bertz CT molecular complexity index is 844. The number of aliphatic hydroxyl groups is 1. The fourth-order valence-electron chi connectivity index (χ4n) is 3.36. The van der Waals surface area contributed by atoms with Gasteiger partial charge in [-0.05, 0) is 24.0 Å². The van der Waals surface area contributed by atoms with Crippen LogP contribution < -0.4 is 0 Å². The van der Waals surface area contributed by atoms with E-state index in [1.807, 2.05) is 12.1 Å². The lowest BCUT2D eigenvalue weighted by Crippen LogP contribution is -2.25. The molecule has 1 N–H and O–H groups in total. The second-order valence-corrected chi connectivity index (χ2v) is 6.83.